The molecule has 8 heteroatoms. The highest BCUT2D eigenvalue weighted by molar-refractivity contribution is 6.06. The molecule has 1 aliphatic heterocycles. The van der Waals surface area contributed by atoms with E-state index in [-0.39, 0.29) is 12.0 Å². The molecule has 5 rings (SSSR count). The van der Waals surface area contributed by atoms with Gasteiger partial charge in [0.05, 0.1) is 30.2 Å². The number of nitrogens with zero attached hydrogens (tertiary/aromatic N) is 4. The zero-order chi connectivity index (χ0) is 22.1. The number of benzene rings is 1. The SMILES string of the molecule is CC(C)Oc1c(NC(=O)c2ccccc2)ncc2cnc(-c3cnc4n3CCNC4)cc12. The maximum absolute atomic E-state index is 12.8. The first-order valence-electron chi connectivity index (χ1n) is 10.7. The van der Waals surface area contributed by atoms with Crippen LogP contribution in [0, 0.1) is 0 Å². The molecule has 0 aliphatic carbocycles. The average molecular weight is 428 g/mol. The van der Waals surface area contributed by atoms with Crippen molar-refractivity contribution in [1.82, 2.24) is 24.8 Å². The van der Waals surface area contributed by atoms with Gasteiger partial charge in [-0.05, 0) is 32.0 Å². The van der Waals surface area contributed by atoms with Crippen LogP contribution in [0.25, 0.3) is 22.2 Å². The molecule has 162 valence electrons. The smallest absolute Gasteiger partial charge is 0.256 e. The summed E-state index contributed by atoms with van der Waals surface area (Å²) in [6, 6.07) is 11.0. The van der Waals surface area contributed by atoms with E-state index in [9.17, 15) is 4.79 Å². The van der Waals surface area contributed by atoms with Gasteiger partial charge in [0, 0.05) is 41.8 Å². The summed E-state index contributed by atoms with van der Waals surface area (Å²) in [5.41, 5.74) is 2.32. The number of pyridine rings is 2. The van der Waals surface area contributed by atoms with Crippen molar-refractivity contribution >= 4 is 22.5 Å². The number of imidazole rings is 1. The Morgan fingerprint density at radius 3 is 2.75 bits per heavy atom. The number of aromatic nitrogens is 4. The number of fused-ring (bicyclic) bond motifs is 2. The number of nitrogens with one attached hydrogen (secondary N) is 2. The van der Waals surface area contributed by atoms with E-state index in [1.807, 2.05) is 44.3 Å². The molecule has 0 atom stereocenters. The predicted octanol–water partition coefficient (Wildman–Crippen LogP) is 3.64. The van der Waals surface area contributed by atoms with Crippen LogP contribution in [0.4, 0.5) is 5.82 Å². The van der Waals surface area contributed by atoms with Gasteiger partial charge in [-0.25, -0.2) is 9.97 Å². The van der Waals surface area contributed by atoms with Crippen molar-refractivity contribution in [3.05, 3.63) is 66.4 Å². The number of ether oxygens (including phenoxy) is 1. The molecule has 4 aromatic rings. The first kappa shape index (κ1) is 20.1. The van der Waals surface area contributed by atoms with Crippen LogP contribution in [-0.2, 0) is 13.1 Å². The van der Waals surface area contributed by atoms with Crippen LogP contribution >= 0.6 is 0 Å². The molecule has 1 aromatic carbocycles. The third-order valence-corrected chi connectivity index (χ3v) is 5.34. The van der Waals surface area contributed by atoms with Gasteiger partial charge in [0.2, 0.25) is 0 Å². The fraction of sp³-hybridized carbons (Fsp3) is 0.250. The Labute approximate surface area is 185 Å². The van der Waals surface area contributed by atoms with Gasteiger partial charge >= 0.3 is 0 Å². The summed E-state index contributed by atoms with van der Waals surface area (Å²) in [6.07, 6.45) is 5.25. The normalized spacial score (nSPS) is 13.2. The van der Waals surface area contributed by atoms with Gasteiger partial charge in [-0.15, -0.1) is 0 Å². The number of carbonyl (C=O) groups excluding carboxylic acids is 1. The van der Waals surface area contributed by atoms with E-state index in [0.29, 0.717) is 17.1 Å². The quantitative estimate of drug-likeness (QED) is 0.504. The fourth-order valence-corrected chi connectivity index (χ4v) is 3.84. The Morgan fingerprint density at radius 2 is 1.94 bits per heavy atom. The first-order chi connectivity index (χ1) is 15.6. The molecule has 0 fully saturated rings. The van der Waals surface area contributed by atoms with E-state index in [1.165, 1.54) is 0 Å². The summed E-state index contributed by atoms with van der Waals surface area (Å²) < 4.78 is 8.33. The second-order valence-corrected chi connectivity index (χ2v) is 7.97. The maximum atomic E-state index is 12.8. The zero-order valence-corrected chi connectivity index (χ0v) is 18.0. The molecule has 3 aromatic heterocycles. The highest BCUT2D eigenvalue weighted by atomic mass is 16.5. The number of hydrogen-bond donors (Lipinski definition) is 2. The van der Waals surface area contributed by atoms with Crippen molar-refractivity contribution in [3.8, 4) is 17.1 Å². The van der Waals surface area contributed by atoms with Crippen molar-refractivity contribution in [2.24, 2.45) is 0 Å². The van der Waals surface area contributed by atoms with Crippen molar-refractivity contribution in [2.75, 3.05) is 11.9 Å². The topological polar surface area (TPSA) is 94.0 Å². The second kappa shape index (κ2) is 8.39. The van der Waals surface area contributed by atoms with E-state index >= 15 is 0 Å². The van der Waals surface area contributed by atoms with Crippen LogP contribution in [-0.4, -0.2) is 38.1 Å². The Balaban J connectivity index is 1.59. The van der Waals surface area contributed by atoms with Crippen LogP contribution in [0.1, 0.15) is 30.0 Å². The molecule has 2 N–H and O–H groups in total. The summed E-state index contributed by atoms with van der Waals surface area (Å²) in [5, 5.41) is 7.91. The summed E-state index contributed by atoms with van der Waals surface area (Å²) >= 11 is 0. The largest absolute Gasteiger partial charge is 0.486 e. The molecule has 0 saturated carbocycles. The van der Waals surface area contributed by atoms with Gasteiger partial charge in [0.1, 0.15) is 5.82 Å². The number of anilines is 1. The van der Waals surface area contributed by atoms with Crippen LogP contribution in [0.2, 0.25) is 0 Å². The lowest BCUT2D eigenvalue weighted by Crippen LogP contribution is -2.28. The molecule has 32 heavy (non-hydrogen) atoms. The molecule has 0 unspecified atom stereocenters. The van der Waals surface area contributed by atoms with E-state index in [2.05, 4.69) is 30.2 Å². The molecular formula is C24H24N6O2. The number of amides is 1. The van der Waals surface area contributed by atoms with Gasteiger partial charge in [0.25, 0.3) is 5.91 Å². The highest BCUT2D eigenvalue weighted by Crippen LogP contribution is 2.35. The lowest BCUT2D eigenvalue weighted by Gasteiger charge is -2.18. The molecule has 4 heterocycles. The predicted molar refractivity (Wildman–Crippen MR) is 123 cm³/mol. The zero-order valence-electron chi connectivity index (χ0n) is 18.0. The van der Waals surface area contributed by atoms with E-state index in [0.717, 1.165) is 47.6 Å². The molecule has 8 nitrogen and oxygen atoms in total. The molecule has 1 amide bonds. The number of rotatable bonds is 5. The highest BCUT2D eigenvalue weighted by Gasteiger charge is 2.19. The van der Waals surface area contributed by atoms with Crippen molar-refractivity contribution < 1.29 is 9.53 Å². The van der Waals surface area contributed by atoms with Crippen LogP contribution < -0.4 is 15.4 Å². The van der Waals surface area contributed by atoms with Gasteiger partial charge in [-0.2, -0.15) is 0 Å². The lowest BCUT2D eigenvalue weighted by molar-refractivity contribution is 0.102. The molecule has 0 spiro atoms. The fourth-order valence-electron chi connectivity index (χ4n) is 3.84. The first-order valence-corrected chi connectivity index (χ1v) is 10.7. The van der Waals surface area contributed by atoms with E-state index in [4.69, 9.17) is 4.74 Å². The molecular weight excluding hydrogens is 404 g/mol. The van der Waals surface area contributed by atoms with Crippen molar-refractivity contribution in [2.45, 2.75) is 33.0 Å². The van der Waals surface area contributed by atoms with Crippen molar-refractivity contribution in [1.29, 1.82) is 0 Å². The minimum absolute atomic E-state index is 0.0970. The van der Waals surface area contributed by atoms with Gasteiger partial charge < -0.3 is 19.9 Å². The Bertz CT molecular complexity index is 1280. The van der Waals surface area contributed by atoms with Gasteiger partial charge in [-0.3, -0.25) is 9.78 Å². The standard InChI is InChI=1S/C24H24N6O2/c1-15(2)32-22-18-10-19(20-13-27-21-14-25-8-9-30(20)21)26-11-17(18)12-28-23(22)29-24(31)16-6-4-3-5-7-16/h3-7,10-13,15,25H,8-9,14H2,1-2H3,(H,28,29,31). The number of carbonyl (C=O) groups is 1. The van der Waals surface area contributed by atoms with Gasteiger partial charge in [-0.1, -0.05) is 18.2 Å². The monoisotopic (exact) mass is 428 g/mol. The molecule has 1 aliphatic rings. The van der Waals surface area contributed by atoms with E-state index < -0.39 is 0 Å². The summed E-state index contributed by atoms with van der Waals surface area (Å²) in [4.78, 5) is 26.4. The van der Waals surface area contributed by atoms with Crippen LogP contribution in [0.15, 0.2) is 55.0 Å². The Hall–Kier alpha value is -3.78. The molecule has 0 saturated heterocycles. The third kappa shape index (κ3) is 3.80. The minimum atomic E-state index is -0.238. The number of hydrogen-bond acceptors (Lipinski definition) is 6. The lowest BCUT2D eigenvalue weighted by atomic mass is 10.1. The van der Waals surface area contributed by atoms with Crippen LogP contribution in [0.3, 0.4) is 0 Å². The average Bonchev–Trinajstić information content (AvgIpc) is 3.25. The third-order valence-electron chi connectivity index (χ3n) is 5.34. The Morgan fingerprint density at radius 1 is 1.12 bits per heavy atom. The van der Waals surface area contributed by atoms with Gasteiger partial charge in [0.15, 0.2) is 11.6 Å². The summed E-state index contributed by atoms with van der Waals surface area (Å²) in [7, 11) is 0. The Kier molecular flexibility index (Phi) is 5.28. The molecule has 0 bridgehead atoms. The maximum Gasteiger partial charge on any atom is 0.256 e. The minimum Gasteiger partial charge on any atom is -0.486 e. The van der Waals surface area contributed by atoms with Crippen molar-refractivity contribution in [3.63, 3.8) is 0 Å². The van der Waals surface area contributed by atoms with Crippen LogP contribution in [0.5, 0.6) is 5.75 Å². The molecule has 0 radical (unpaired) electrons. The summed E-state index contributed by atoms with van der Waals surface area (Å²) in [5.74, 6) is 1.68. The summed E-state index contributed by atoms with van der Waals surface area (Å²) in [6.45, 7) is 6.38. The van der Waals surface area contributed by atoms with E-state index in [1.54, 1.807) is 24.5 Å². The second-order valence-electron chi connectivity index (χ2n) is 7.97.